The van der Waals surface area contributed by atoms with E-state index in [9.17, 15) is 31.1 Å². The topological polar surface area (TPSA) is 37.3 Å². The number of benzene rings is 1. The molecule has 0 atom stereocenters. The molecular weight excluding hydrogens is 254 g/mol. The average molecular weight is 258 g/mol. The van der Waals surface area contributed by atoms with Gasteiger partial charge in [-0.3, -0.25) is 0 Å². The van der Waals surface area contributed by atoms with Crippen LogP contribution in [0.5, 0.6) is 0 Å². The number of aromatic carboxylic acids is 1. The van der Waals surface area contributed by atoms with E-state index in [1.54, 1.807) is 0 Å². The molecule has 0 heterocycles. The van der Waals surface area contributed by atoms with Crippen molar-refractivity contribution in [2.75, 3.05) is 0 Å². The summed E-state index contributed by atoms with van der Waals surface area (Å²) in [7, 11) is 0. The molecule has 94 valence electrons. The summed E-state index contributed by atoms with van der Waals surface area (Å²) in [6.07, 6.45) is -7.06. The predicted molar refractivity (Wildman–Crippen MR) is 43.0 cm³/mol. The van der Waals surface area contributed by atoms with Gasteiger partial charge in [0.15, 0.2) is 11.6 Å². The zero-order chi connectivity index (χ0) is 13.4. The molecule has 1 aromatic rings. The molecule has 1 rings (SSSR count). The molecule has 2 nitrogen and oxygen atoms in total. The minimum absolute atomic E-state index is 0.00707. The summed E-state index contributed by atoms with van der Waals surface area (Å²) in [5.41, 5.74) is -2.99. The van der Waals surface area contributed by atoms with Crippen molar-refractivity contribution in [2.24, 2.45) is 0 Å². The van der Waals surface area contributed by atoms with Gasteiger partial charge in [0.1, 0.15) is 5.82 Å². The molecule has 0 unspecified atom stereocenters. The fourth-order valence-corrected chi connectivity index (χ4v) is 1.17. The number of rotatable bonds is 2. The molecule has 1 N–H and O–H groups in total. The number of alkyl halides is 3. The van der Waals surface area contributed by atoms with Crippen molar-refractivity contribution in [1.82, 2.24) is 0 Å². The van der Waals surface area contributed by atoms with Crippen molar-refractivity contribution in [2.45, 2.75) is 12.6 Å². The first-order valence-electron chi connectivity index (χ1n) is 4.10. The first-order valence-corrected chi connectivity index (χ1v) is 4.10. The molecule has 0 spiro atoms. The van der Waals surface area contributed by atoms with Gasteiger partial charge in [0, 0.05) is 5.56 Å². The Morgan fingerprint density at radius 3 is 2.12 bits per heavy atom. The van der Waals surface area contributed by atoms with Crippen LogP contribution in [0.4, 0.5) is 26.3 Å². The minimum atomic E-state index is -4.98. The molecule has 0 aromatic heterocycles. The molecule has 0 saturated carbocycles. The van der Waals surface area contributed by atoms with Crippen LogP contribution in [-0.4, -0.2) is 17.3 Å². The monoisotopic (exact) mass is 258 g/mol. The average Bonchev–Trinajstić information content (AvgIpc) is 2.16. The lowest BCUT2D eigenvalue weighted by atomic mass is 10.1. The molecule has 0 aliphatic rings. The maximum Gasteiger partial charge on any atom is 0.393 e. The Hall–Kier alpha value is -1.73. The molecule has 0 saturated heterocycles. The van der Waals surface area contributed by atoms with Crippen molar-refractivity contribution >= 4 is 5.97 Å². The quantitative estimate of drug-likeness (QED) is 0.654. The molecule has 8 heteroatoms. The minimum Gasteiger partial charge on any atom is -0.478 e. The van der Waals surface area contributed by atoms with Crippen LogP contribution in [0.2, 0.25) is 0 Å². The highest BCUT2D eigenvalue weighted by Crippen LogP contribution is 2.27. The van der Waals surface area contributed by atoms with E-state index in [4.69, 9.17) is 5.11 Å². The first-order chi connectivity index (χ1) is 7.63. The lowest BCUT2D eigenvalue weighted by Gasteiger charge is -2.10. The van der Waals surface area contributed by atoms with Crippen molar-refractivity contribution in [3.05, 3.63) is 34.6 Å². The van der Waals surface area contributed by atoms with Gasteiger partial charge in [-0.2, -0.15) is 13.2 Å². The zero-order valence-electron chi connectivity index (χ0n) is 7.91. The maximum atomic E-state index is 13.2. The van der Waals surface area contributed by atoms with E-state index >= 15 is 0 Å². The summed E-state index contributed by atoms with van der Waals surface area (Å²) >= 11 is 0. The number of carboxylic acids is 1. The molecule has 0 aliphatic carbocycles. The summed E-state index contributed by atoms with van der Waals surface area (Å²) in [5.74, 6) is -7.79. The lowest BCUT2D eigenvalue weighted by Crippen LogP contribution is -2.17. The lowest BCUT2D eigenvalue weighted by molar-refractivity contribution is -0.128. The van der Waals surface area contributed by atoms with E-state index in [0.29, 0.717) is 0 Å². The van der Waals surface area contributed by atoms with Gasteiger partial charge in [0.05, 0.1) is 12.0 Å². The molecule has 0 bridgehead atoms. The van der Waals surface area contributed by atoms with Crippen LogP contribution in [0.3, 0.4) is 0 Å². The number of carboxylic acid groups (broad SMARTS) is 1. The Kier molecular flexibility index (Phi) is 3.35. The van der Waals surface area contributed by atoms with E-state index in [1.165, 1.54) is 0 Å². The van der Waals surface area contributed by atoms with Gasteiger partial charge >= 0.3 is 12.1 Å². The van der Waals surface area contributed by atoms with Crippen molar-refractivity contribution in [1.29, 1.82) is 0 Å². The Bertz CT molecular complexity index is 466. The number of hydrogen-bond donors (Lipinski definition) is 1. The van der Waals surface area contributed by atoms with Gasteiger partial charge in [-0.25, -0.2) is 18.0 Å². The SMILES string of the molecule is O=C(O)c1cc(F)c(F)c(CC(F)(F)F)c1F. The summed E-state index contributed by atoms with van der Waals surface area (Å²) in [6.45, 7) is 0. The van der Waals surface area contributed by atoms with Gasteiger partial charge in [0.25, 0.3) is 0 Å². The van der Waals surface area contributed by atoms with Crippen LogP contribution >= 0.6 is 0 Å². The number of halogens is 6. The van der Waals surface area contributed by atoms with E-state index in [1.807, 2.05) is 0 Å². The highest BCUT2D eigenvalue weighted by atomic mass is 19.4. The second-order valence-electron chi connectivity index (χ2n) is 3.11. The Balaban J connectivity index is 3.42. The van der Waals surface area contributed by atoms with Gasteiger partial charge in [0.2, 0.25) is 0 Å². The molecule has 17 heavy (non-hydrogen) atoms. The van der Waals surface area contributed by atoms with Gasteiger partial charge < -0.3 is 5.11 Å². The molecule has 0 amide bonds. The molecule has 0 aliphatic heterocycles. The van der Waals surface area contributed by atoms with E-state index < -0.39 is 47.1 Å². The summed E-state index contributed by atoms with van der Waals surface area (Å²) in [4.78, 5) is 10.4. The predicted octanol–water partition coefficient (Wildman–Crippen LogP) is 2.91. The Labute approximate surface area is 90.5 Å². The van der Waals surface area contributed by atoms with Crippen LogP contribution in [-0.2, 0) is 6.42 Å². The van der Waals surface area contributed by atoms with Crippen LogP contribution in [0, 0.1) is 17.5 Å². The van der Waals surface area contributed by atoms with Gasteiger partial charge in [-0.15, -0.1) is 0 Å². The standard InChI is InChI=1S/C9H4F6O2/c10-5-1-3(8(16)17)6(11)4(7(5)12)2-9(13,14)15/h1H,2H2,(H,16,17). The van der Waals surface area contributed by atoms with Crippen molar-refractivity contribution in [3.63, 3.8) is 0 Å². The van der Waals surface area contributed by atoms with Crippen molar-refractivity contribution in [3.8, 4) is 0 Å². The van der Waals surface area contributed by atoms with Crippen LogP contribution in [0.15, 0.2) is 6.07 Å². The molecule has 0 fully saturated rings. The van der Waals surface area contributed by atoms with Gasteiger partial charge in [-0.05, 0) is 6.07 Å². The van der Waals surface area contributed by atoms with E-state index in [2.05, 4.69) is 0 Å². The third-order valence-corrected chi connectivity index (χ3v) is 1.85. The Morgan fingerprint density at radius 2 is 1.71 bits per heavy atom. The second kappa shape index (κ2) is 4.27. The normalized spacial score (nSPS) is 11.6. The largest absolute Gasteiger partial charge is 0.478 e. The summed E-state index contributed by atoms with van der Waals surface area (Å²) in [5, 5.41) is 8.39. The van der Waals surface area contributed by atoms with Crippen LogP contribution in [0.1, 0.15) is 15.9 Å². The number of carbonyl (C=O) groups is 1. The number of hydrogen-bond acceptors (Lipinski definition) is 1. The fraction of sp³-hybridized carbons (Fsp3) is 0.222. The second-order valence-corrected chi connectivity index (χ2v) is 3.11. The van der Waals surface area contributed by atoms with Crippen molar-refractivity contribution < 1.29 is 36.2 Å². The van der Waals surface area contributed by atoms with E-state index in [0.717, 1.165) is 0 Å². The first kappa shape index (κ1) is 13.3. The van der Waals surface area contributed by atoms with Crippen LogP contribution < -0.4 is 0 Å². The fourth-order valence-electron chi connectivity index (χ4n) is 1.17. The third-order valence-electron chi connectivity index (χ3n) is 1.85. The van der Waals surface area contributed by atoms with E-state index in [-0.39, 0.29) is 6.07 Å². The van der Waals surface area contributed by atoms with Gasteiger partial charge in [-0.1, -0.05) is 0 Å². The summed E-state index contributed by atoms with van der Waals surface area (Å²) in [6, 6.07) is -0.00707. The van der Waals surface area contributed by atoms with Crippen LogP contribution in [0.25, 0.3) is 0 Å². The molecule has 0 radical (unpaired) electrons. The Morgan fingerprint density at radius 1 is 1.18 bits per heavy atom. The summed E-state index contributed by atoms with van der Waals surface area (Å²) < 4.78 is 74.8. The maximum absolute atomic E-state index is 13.2. The third kappa shape index (κ3) is 2.89. The zero-order valence-corrected chi connectivity index (χ0v) is 7.91. The highest BCUT2D eigenvalue weighted by Gasteiger charge is 2.33. The molecule has 1 aromatic carbocycles. The molecular formula is C9H4F6O2. The highest BCUT2D eigenvalue weighted by molar-refractivity contribution is 5.88. The smallest absolute Gasteiger partial charge is 0.393 e.